The Bertz CT molecular complexity index is 284. The van der Waals surface area contributed by atoms with Crippen molar-refractivity contribution in [3.8, 4) is 0 Å². The van der Waals surface area contributed by atoms with Gasteiger partial charge in [0.05, 0.1) is 5.92 Å². The third-order valence-corrected chi connectivity index (χ3v) is 3.52. The number of amides is 1. The highest BCUT2D eigenvalue weighted by molar-refractivity contribution is 6.02. The van der Waals surface area contributed by atoms with Gasteiger partial charge in [-0.2, -0.15) is 0 Å². The van der Waals surface area contributed by atoms with E-state index in [1.54, 1.807) is 0 Å². The summed E-state index contributed by atoms with van der Waals surface area (Å²) in [5.74, 6) is -0.391. The van der Waals surface area contributed by atoms with Gasteiger partial charge in [0.25, 0.3) is 0 Å². The molecule has 1 atom stereocenters. The lowest BCUT2D eigenvalue weighted by atomic mass is 9.99. The summed E-state index contributed by atoms with van der Waals surface area (Å²) in [4.78, 5) is 14.3. The van der Waals surface area contributed by atoms with E-state index in [0.29, 0.717) is 6.42 Å². The molecule has 1 saturated heterocycles. The summed E-state index contributed by atoms with van der Waals surface area (Å²) in [6.45, 7) is 3.61. The van der Waals surface area contributed by atoms with Crippen molar-refractivity contribution >= 4 is 11.7 Å². The molecule has 0 saturated carbocycles. The van der Waals surface area contributed by atoms with Gasteiger partial charge < -0.3 is 15.8 Å². The molecule has 1 aliphatic heterocycles. The number of carbonyl (C=O) groups is 1. The summed E-state index contributed by atoms with van der Waals surface area (Å²) in [6.07, 6.45) is 7.24. The summed E-state index contributed by atoms with van der Waals surface area (Å²) < 4.78 is 0. The van der Waals surface area contributed by atoms with Gasteiger partial charge in [-0.15, -0.1) is 0 Å². The van der Waals surface area contributed by atoms with Crippen LogP contribution in [0.15, 0.2) is 5.16 Å². The number of oxime groups is 1. The summed E-state index contributed by atoms with van der Waals surface area (Å²) in [6, 6.07) is 0. The van der Waals surface area contributed by atoms with E-state index in [2.05, 4.69) is 5.16 Å². The molecule has 5 nitrogen and oxygen atoms in total. The quantitative estimate of drug-likeness (QED) is 0.349. The van der Waals surface area contributed by atoms with Crippen molar-refractivity contribution in [3.63, 3.8) is 0 Å². The van der Waals surface area contributed by atoms with Crippen molar-refractivity contribution in [2.24, 2.45) is 16.8 Å². The fourth-order valence-electron chi connectivity index (χ4n) is 2.44. The molecular weight excluding hydrogens is 230 g/mol. The highest BCUT2D eigenvalue weighted by Crippen LogP contribution is 2.16. The van der Waals surface area contributed by atoms with Gasteiger partial charge in [0.2, 0.25) is 5.91 Å². The summed E-state index contributed by atoms with van der Waals surface area (Å²) >= 11 is 0. The van der Waals surface area contributed by atoms with Crippen LogP contribution in [0.2, 0.25) is 0 Å². The van der Waals surface area contributed by atoms with Crippen LogP contribution in [0.4, 0.5) is 0 Å². The van der Waals surface area contributed by atoms with Crippen molar-refractivity contribution in [2.45, 2.75) is 51.9 Å². The van der Waals surface area contributed by atoms with Crippen molar-refractivity contribution in [1.82, 2.24) is 4.90 Å². The zero-order valence-electron chi connectivity index (χ0n) is 11.3. The predicted octanol–water partition coefficient (Wildman–Crippen LogP) is 1.94. The zero-order valence-corrected chi connectivity index (χ0v) is 11.3. The van der Waals surface area contributed by atoms with Crippen LogP contribution in [0.25, 0.3) is 0 Å². The van der Waals surface area contributed by atoms with Crippen LogP contribution >= 0.6 is 0 Å². The van der Waals surface area contributed by atoms with Gasteiger partial charge in [-0.05, 0) is 19.3 Å². The standard InChI is InChI=1S/C13H25N3O2/c1-2-8-11(12(14)15-18)13(17)16-9-6-4-3-5-7-10-16/h11,18H,2-10H2,1H3,(H2,14,15). The third-order valence-electron chi connectivity index (χ3n) is 3.52. The van der Waals surface area contributed by atoms with Crippen molar-refractivity contribution in [2.75, 3.05) is 13.1 Å². The number of amidine groups is 1. The van der Waals surface area contributed by atoms with Crippen LogP contribution in [0, 0.1) is 5.92 Å². The third kappa shape index (κ3) is 4.20. The van der Waals surface area contributed by atoms with Gasteiger partial charge in [0, 0.05) is 13.1 Å². The molecule has 1 fully saturated rings. The first-order valence-corrected chi connectivity index (χ1v) is 6.97. The summed E-state index contributed by atoms with van der Waals surface area (Å²) in [5, 5.41) is 11.8. The van der Waals surface area contributed by atoms with E-state index in [9.17, 15) is 4.79 Å². The SMILES string of the molecule is CCCC(C(=O)N1CCCCCCC1)C(N)=NO. The molecule has 0 aromatic carbocycles. The highest BCUT2D eigenvalue weighted by atomic mass is 16.4. The number of nitrogens with two attached hydrogens (primary N) is 1. The van der Waals surface area contributed by atoms with Crippen LogP contribution in [-0.4, -0.2) is 34.9 Å². The predicted molar refractivity (Wildman–Crippen MR) is 71.5 cm³/mol. The zero-order chi connectivity index (χ0) is 13.4. The average molecular weight is 255 g/mol. The monoisotopic (exact) mass is 255 g/mol. The number of carbonyl (C=O) groups excluding carboxylic acids is 1. The first kappa shape index (κ1) is 14.8. The van der Waals surface area contributed by atoms with E-state index < -0.39 is 5.92 Å². The van der Waals surface area contributed by atoms with Gasteiger partial charge in [-0.1, -0.05) is 37.8 Å². The second-order valence-electron chi connectivity index (χ2n) is 4.96. The van der Waals surface area contributed by atoms with E-state index in [1.165, 1.54) is 19.3 Å². The summed E-state index contributed by atoms with van der Waals surface area (Å²) in [7, 11) is 0. The van der Waals surface area contributed by atoms with Gasteiger partial charge in [-0.25, -0.2) is 0 Å². The number of rotatable bonds is 4. The van der Waals surface area contributed by atoms with Gasteiger partial charge in [0.1, 0.15) is 0 Å². The van der Waals surface area contributed by atoms with E-state index in [1.807, 2.05) is 11.8 Å². The Balaban J connectivity index is 2.67. The largest absolute Gasteiger partial charge is 0.409 e. The van der Waals surface area contributed by atoms with E-state index in [0.717, 1.165) is 32.4 Å². The minimum Gasteiger partial charge on any atom is -0.409 e. The minimum absolute atomic E-state index is 0.0223. The topological polar surface area (TPSA) is 78.9 Å². The van der Waals surface area contributed by atoms with Gasteiger partial charge >= 0.3 is 0 Å². The number of hydrogen-bond donors (Lipinski definition) is 2. The van der Waals surface area contributed by atoms with Crippen molar-refractivity contribution in [1.29, 1.82) is 0 Å². The molecule has 0 aromatic heterocycles. The molecule has 1 unspecified atom stereocenters. The first-order chi connectivity index (χ1) is 8.70. The Morgan fingerprint density at radius 3 is 2.33 bits per heavy atom. The second-order valence-corrected chi connectivity index (χ2v) is 4.96. The van der Waals surface area contributed by atoms with Gasteiger partial charge in [0.15, 0.2) is 5.84 Å². The Kier molecular flexibility index (Phi) is 6.54. The van der Waals surface area contributed by atoms with Crippen LogP contribution in [0.5, 0.6) is 0 Å². The average Bonchev–Trinajstić information content (AvgIpc) is 2.34. The Morgan fingerprint density at radius 2 is 1.83 bits per heavy atom. The molecule has 1 heterocycles. The smallest absolute Gasteiger partial charge is 0.233 e. The molecule has 0 aromatic rings. The molecule has 3 N–H and O–H groups in total. The van der Waals surface area contributed by atoms with Crippen molar-refractivity contribution < 1.29 is 10.0 Å². The molecule has 0 spiro atoms. The molecule has 104 valence electrons. The highest BCUT2D eigenvalue weighted by Gasteiger charge is 2.27. The lowest BCUT2D eigenvalue weighted by Crippen LogP contribution is -2.43. The van der Waals surface area contributed by atoms with E-state index in [-0.39, 0.29) is 11.7 Å². The molecule has 0 aliphatic carbocycles. The molecule has 1 amide bonds. The summed E-state index contributed by atoms with van der Waals surface area (Å²) in [5.41, 5.74) is 5.63. The van der Waals surface area contributed by atoms with Crippen LogP contribution in [-0.2, 0) is 4.79 Å². The Labute approximate surface area is 109 Å². The normalized spacial score (nSPS) is 20.1. The Hall–Kier alpha value is -1.26. The molecule has 0 radical (unpaired) electrons. The van der Waals surface area contributed by atoms with Crippen LogP contribution in [0.3, 0.4) is 0 Å². The first-order valence-electron chi connectivity index (χ1n) is 6.97. The molecule has 5 heteroatoms. The van der Waals surface area contributed by atoms with Crippen LogP contribution in [0.1, 0.15) is 51.9 Å². The lowest BCUT2D eigenvalue weighted by Gasteiger charge is -2.28. The Morgan fingerprint density at radius 1 is 1.28 bits per heavy atom. The molecule has 0 bridgehead atoms. The number of nitrogens with zero attached hydrogens (tertiary/aromatic N) is 2. The molecular formula is C13H25N3O2. The van der Waals surface area contributed by atoms with E-state index in [4.69, 9.17) is 10.9 Å². The maximum Gasteiger partial charge on any atom is 0.233 e. The van der Waals surface area contributed by atoms with E-state index >= 15 is 0 Å². The van der Waals surface area contributed by atoms with Crippen LogP contribution < -0.4 is 5.73 Å². The molecule has 1 aliphatic rings. The molecule has 1 rings (SSSR count). The molecule has 18 heavy (non-hydrogen) atoms. The van der Waals surface area contributed by atoms with Crippen molar-refractivity contribution in [3.05, 3.63) is 0 Å². The lowest BCUT2D eigenvalue weighted by molar-refractivity contribution is -0.134. The van der Waals surface area contributed by atoms with Gasteiger partial charge in [-0.3, -0.25) is 4.79 Å². The fourth-order valence-corrected chi connectivity index (χ4v) is 2.44. The number of hydrogen-bond acceptors (Lipinski definition) is 3. The minimum atomic E-state index is -0.459. The number of likely N-dealkylation sites (tertiary alicyclic amines) is 1. The second kappa shape index (κ2) is 7.95. The maximum atomic E-state index is 12.4. The maximum absolute atomic E-state index is 12.4. The fraction of sp³-hybridized carbons (Fsp3) is 0.846.